The van der Waals surface area contributed by atoms with Crippen molar-refractivity contribution >= 4 is 17.8 Å². The van der Waals surface area contributed by atoms with Crippen LogP contribution in [0.25, 0.3) is 11.3 Å². The van der Waals surface area contributed by atoms with Crippen LogP contribution in [-0.4, -0.2) is 116 Å². The SMILES string of the molecule is CCC1OC(=O)[C@H](C)C(O[C@@H]2O[C@H](C)C[C@H](N(C)C)[C@H]2O)[C@@H](C)C[C@@H](C)C(=O)C[C@H]2N(CCCCn3cnc(-c4cccnc4)c3)C(=O)O[C@]12C. The molecule has 282 valence electrons. The molecule has 2 unspecified atom stereocenters. The van der Waals surface area contributed by atoms with Gasteiger partial charge in [-0.05, 0) is 85.0 Å². The lowest BCUT2D eigenvalue weighted by Crippen LogP contribution is -2.57. The topological polar surface area (TPSA) is 146 Å². The lowest BCUT2D eigenvalue weighted by atomic mass is 9.79. The third-order valence-electron chi connectivity index (χ3n) is 11.2. The molecule has 3 aliphatic heterocycles. The van der Waals surface area contributed by atoms with E-state index in [1.807, 2.05) is 69.6 Å². The van der Waals surface area contributed by atoms with Gasteiger partial charge in [0.15, 0.2) is 11.9 Å². The number of aryl methyl sites for hydroxylation is 1. The van der Waals surface area contributed by atoms with E-state index in [2.05, 4.69) is 9.97 Å². The van der Waals surface area contributed by atoms with Crippen LogP contribution in [0, 0.1) is 17.8 Å². The summed E-state index contributed by atoms with van der Waals surface area (Å²) in [6, 6.07) is 3.06. The van der Waals surface area contributed by atoms with E-state index in [1.165, 1.54) is 0 Å². The zero-order chi connectivity index (χ0) is 37.0. The monoisotopic (exact) mass is 711 g/mol. The number of rotatable bonds is 10. The van der Waals surface area contributed by atoms with Gasteiger partial charge in [0.25, 0.3) is 0 Å². The summed E-state index contributed by atoms with van der Waals surface area (Å²) in [5.74, 6) is -1.86. The van der Waals surface area contributed by atoms with Gasteiger partial charge in [-0.3, -0.25) is 14.6 Å². The van der Waals surface area contributed by atoms with Crippen LogP contribution in [0.1, 0.15) is 80.1 Å². The van der Waals surface area contributed by atoms with Crippen molar-refractivity contribution in [3.05, 3.63) is 37.1 Å². The number of unbranched alkanes of at least 4 members (excludes halogenated alkanes) is 1. The molecule has 2 aromatic rings. The number of hydrogen-bond donors (Lipinski definition) is 1. The summed E-state index contributed by atoms with van der Waals surface area (Å²) in [7, 11) is 3.82. The first-order chi connectivity index (χ1) is 24.2. The molecular formula is C38H57N5O8. The summed E-state index contributed by atoms with van der Waals surface area (Å²) >= 11 is 0. The van der Waals surface area contributed by atoms with Crippen molar-refractivity contribution < 1.29 is 38.4 Å². The number of likely N-dealkylation sites (N-methyl/N-ethyl adjacent to an activating group) is 1. The molecule has 0 bridgehead atoms. The first-order valence-corrected chi connectivity index (χ1v) is 18.5. The van der Waals surface area contributed by atoms with Crippen molar-refractivity contribution in [2.75, 3.05) is 20.6 Å². The third kappa shape index (κ3) is 8.64. The van der Waals surface area contributed by atoms with Crippen LogP contribution in [0.15, 0.2) is 37.1 Å². The number of amides is 1. The minimum absolute atomic E-state index is 0.00567. The maximum atomic E-state index is 14.0. The third-order valence-corrected chi connectivity index (χ3v) is 11.2. The summed E-state index contributed by atoms with van der Waals surface area (Å²) < 4.78 is 26.9. The molecule has 0 radical (unpaired) electrons. The second-order valence-electron chi connectivity index (χ2n) is 15.3. The van der Waals surface area contributed by atoms with Gasteiger partial charge < -0.3 is 38.4 Å². The molecule has 0 aromatic carbocycles. The summed E-state index contributed by atoms with van der Waals surface area (Å²) in [6.07, 6.45) is 6.23. The molecule has 13 nitrogen and oxygen atoms in total. The molecule has 2 aromatic heterocycles. The number of aliphatic hydroxyl groups excluding tert-OH is 1. The highest BCUT2D eigenvalue weighted by molar-refractivity contribution is 5.83. The second kappa shape index (κ2) is 16.5. The predicted molar refractivity (Wildman–Crippen MR) is 189 cm³/mol. The van der Waals surface area contributed by atoms with Gasteiger partial charge in [-0.2, -0.15) is 0 Å². The first-order valence-electron chi connectivity index (χ1n) is 18.5. The molecule has 1 amide bonds. The molecule has 11 atom stereocenters. The number of pyridine rings is 1. The van der Waals surface area contributed by atoms with Crippen LogP contribution in [0.2, 0.25) is 0 Å². The lowest BCUT2D eigenvalue weighted by Gasteiger charge is -2.44. The fourth-order valence-corrected chi connectivity index (χ4v) is 8.07. The average molecular weight is 712 g/mol. The van der Waals surface area contributed by atoms with Crippen molar-refractivity contribution in [2.24, 2.45) is 17.8 Å². The number of nitrogens with zero attached hydrogens (tertiary/aromatic N) is 5. The first kappa shape index (κ1) is 38.8. The number of hydrogen-bond acceptors (Lipinski definition) is 11. The van der Waals surface area contributed by atoms with E-state index in [9.17, 15) is 19.5 Å². The largest absolute Gasteiger partial charge is 0.458 e. The Morgan fingerprint density at radius 2 is 1.84 bits per heavy atom. The fraction of sp³-hybridized carbons (Fsp3) is 0.711. The van der Waals surface area contributed by atoms with Gasteiger partial charge in [0, 0.05) is 55.6 Å². The van der Waals surface area contributed by atoms with Crippen LogP contribution in [0.4, 0.5) is 4.79 Å². The van der Waals surface area contributed by atoms with E-state index in [0.717, 1.165) is 17.7 Å². The Balaban J connectivity index is 1.30. The summed E-state index contributed by atoms with van der Waals surface area (Å²) in [4.78, 5) is 53.7. The van der Waals surface area contributed by atoms with Crippen molar-refractivity contribution in [1.29, 1.82) is 0 Å². The van der Waals surface area contributed by atoms with Gasteiger partial charge in [0.1, 0.15) is 18.0 Å². The molecule has 5 rings (SSSR count). The van der Waals surface area contributed by atoms with Crippen molar-refractivity contribution in [1.82, 2.24) is 24.3 Å². The molecule has 3 saturated heterocycles. The van der Waals surface area contributed by atoms with Gasteiger partial charge in [-0.1, -0.05) is 20.8 Å². The number of aromatic nitrogens is 3. The molecule has 51 heavy (non-hydrogen) atoms. The highest BCUT2D eigenvalue weighted by atomic mass is 16.7. The molecule has 1 N–H and O–H groups in total. The van der Waals surface area contributed by atoms with E-state index in [4.69, 9.17) is 18.9 Å². The predicted octanol–water partition coefficient (Wildman–Crippen LogP) is 4.71. The Bertz CT molecular complexity index is 1490. The van der Waals surface area contributed by atoms with Gasteiger partial charge in [-0.15, -0.1) is 0 Å². The number of carbonyl (C=O) groups excluding carboxylic acids is 3. The van der Waals surface area contributed by atoms with Crippen LogP contribution in [0.5, 0.6) is 0 Å². The van der Waals surface area contributed by atoms with Crippen LogP contribution in [-0.2, 0) is 35.1 Å². The summed E-state index contributed by atoms with van der Waals surface area (Å²) in [5, 5.41) is 11.2. The Labute approximate surface area is 302 Å². The number of fused-ring (bicyclic) bond motifs is 1. The number of imidazole rings is 1. The van der Waals surface area contributed by atoms with Gasteiger partial charge in [0.2, 0.25) is 0 Å². The van der Waals surface area contributed by atoms with Gasteiger partial charge in [-0.25, -0.2) is 9.78 Å². The van der Waals surface area contributed by atoms with Crippen LogP contribution in [0.3, 0.4) is 0 Å². The number of ketones is 1. The highest BCUT2D eigenvalue weighted by Crippen LogP contribution is 2.40. The number of aliphatic hydroxyl groups is 1. The Morgan fingerprint density at radius 1 is 1.10 bits per heavy atom. The minimum Gasteiger partial charge on any atom is -0.458 e. The standard InChI is InChI=1S/C38H57N5O8/c1-9-32-38(6)31(43(37(47)51-38)16-11-10-15-42-21-28(40-22-42)27-13-12-14-39-20-27)19-30(44)23(2)17-24(3)34(26(5)35(46)49-32)50-36-33(45)29(41(7)8)18-25(4)48-36/h12-14,20-26,29,31-34,36,45H,9-11,15-19H2,1-8H3/t23-,24+,25-,26-,29+,31-,32?,33-,34?,36+,38+/m1/s1. The Morgan fingerprint density at radius 3 is 2.53 bits per heavy atom. The average Bonchev–Trinajstić information content (AvgIpc) is 3.66. The maximum Gasteiger partial charge on any atom is 0.410 e. The van der Waals surface area contributed by atoms with E-state index in [0.29, 0.717) is 38.8 Å². The number of carbonyl (C=O) groups is 3. The molecule has 0 aliphatic carbocycles. The lowest BCUT2D eigenvalue weighted by molar-refractivity contribution is -0.279. The number of cyclic esters (lactones) is 1. The van der Waals surface area contributed by atoms with Crippen LogP contribution >= 0.6 is 0 Å². The van der Waals surface area contributed by atoms with Gasteiger partial charge in [0.05, 0.1) is 36.2 Å². The quantitative estimate of drug-likeness (QED) is 0.270. The Hall–Kier alpha value is -3.39. The fourth-order valence-electron chi connectivity index (χ4n) is 8.07. The molecule has 13 heteroatoms. The zero-order valence-electron chi connectivity index (χ0n) is 31.4. The zero-order valence-corrected chi connectivity index (χ0v) is 31.4. The minimum atomic E-state index is -1.24. The van der Waals surface area contributed by atoms with Crippen LogP contribution < -0.4 is 0 Å². The van der Waals surface area contributed by atoms with E-state index >= 15 is 0 Å². The molecule has 0 saturated carbocycles. The normalized spacial score (nSPS) is 35.2. The summed E-state index contributed by atoms with van der Waals surface area (Å²) in [5.41, 5.74) is 0.550. The molecule has 5 heterocycles. The highest BCUT2D eigenvalue weighted by Gasteiger charge is 2.57. The molecular weight excluding hydrogens is 654 g/mol. The summed E-state index contributed by atoms with van der Waals surface area (Å²) in [6.45, 7) is 12.3. The van der Waals surface area contributed by atoms with Gasteiger partial charge >= 0.3 is 12.1 Å². The number of ether oxygens (including phenoxy) is 4. The smallest absolute Gasteiger partial charge is 0.410 e. The molecule has 0 spiro atoms. The van der Waals surface area contributed by atoms with Crippen molar-refractivity contribution in [3.63, 3.8) is 0 Å². The molecule has 3 fully saturated rings. The molecule has 3 aliphatic rings. The van der Waals surface area contributed by atoms with Crippen molar-refractivity contribution in [3.8, 4) is 11.3 Å². The van der Waals surface area contributed by atoms with E-state index in [1.54, 1.807) is 37.5 Å². The Kier molecular flexibility index (Phi) is 12.6. The van der Waals surface area contributed by atoms with E-state index < -0.39 is 54.2 Å². The number of esters is 1. The number of Topliss-reactive ketones (excluding diaryl/α,β-unsaturated/α-hetero) is 1. The maximum absolute atomic E-state index is 14.0. The van der Waals surface area contributed by atoms with E-state index in [-0.39, 0.29) is 36.2 Å². The van der Waals surface area contributed by atoms with Crippen molar-refractivity contribution in [2.45, 2.75) is 135 Å². The second-order valence-corrected chi connectivity index (χ2v) is 15.3.